The first kappa shape index (κ1) is 24.5. The Hall–Kier alpha value is -3.65. The van der Waals surface area contributed by atoms with Crippen molar-refractivity contribution in [2.75, 3.05) is 19.5 Å². The molecule has 8 heteroatoms. The molecular weight excluding hydrogens is 462 g/mol. The second-order valence-electron chi connectivity index (χ2n) is 8.53. The van der Waals surface area contributed by atoms with Crippen LogP contribution in [-0.4, -0.2) is 42.7 Å². The molecule has 0 amide bonds. The zero-order chi connectivity index (χ0) is 25.2. The monoisotopic (exact) mass is 491 g/mol. The lowest BCUT2D eigenvalue weighted by atomic mass is 9.68. The number of allylic oxidation sites excluding steroid dienone is 1. The summed E-state index contributed by atoms with van der Waals surface area (Å²) in [5.74, 6) is -1.70. The minimum absolute atomic E-state index is 0.367. The van der Waals surface area contributed by atoms with E-state index in [0.29, 0.717) is 16.4 Å². The largest absolute Gasteiger partial charge is 0.467 e. The minimum Gasteiger partial charge on any atom is -0.467 e. The number of esters is 2. The molecule has 1 aromatic heterocycles. The average Bonchev–Trinajstić information content (AvgIpc) is 3.25. The summed E-state index contributed by atoms with van der Waals surface area (Å²) >= 11 is 1.46. The number of hydrogen-bond acceptors (Lipinski definition) is 8. The van der Waals surface area contributed by atoms with E-state index in [1.165, 1.54) is 25.6 Å². The second-order valence-corrected chi connectivity index (χ2v) is 9.52. The van der Waals surface area contributed by atoms with Gasteiger partial charge in [0.25, 0.3) is 0 Å². The molecule has 0 saturated carbocycles. The predicted molar refractivity (Wildman–Crippen MR) is 137 cm³/mol. The summed E-state index contributed by atoms with van der Waals surface area (Å²) in [6.07, 6.45) is 0. The minimum atomic E-state index is -1.38. The molecule has 1 aliphatic rings. The molecule has 2 N–H and O–H groups in total. The van der Waals surface area contributed by atoms with Crippen LogP contribution in [0.4, 0.5) is 5.13 Å². The highest BCUT2D eigenvalue weighted by Gasteiger charge is 2.58. The highest BCUT2D eigenvalue weighted by Crippen LogP contribution is 2.46. The maximum atomic E-state index is 13.7. The SMILES string of the molecule is COC(=O)C1=C(C)NC(C)C(Nc2nc(C)c(-c3ccccc3)s2)(C(=O)OC)C1c1ccccc1. The van der Waals surface area contributed by atoms with Gasteiger partial charge >= 0.3 is 11.9 Å². The van der Waals surface area contributed by atoms with Crippen LogP contribution in [0.3, 0.4) is 0 Å². The number of benzene rings is 2. The molecule has 2 heterocycles. The van der Waals surface area contributed by atoms with Crippen LogP contribution in [0.15, 0.2) is 71.9 Å². The smallest absolute Gasteiger partial charge is 0.336 e. The van der Waals surface area contributed by atoms with Crippen molar-refractivity contribution in [2.45, 2.75) is 38.3 Å². The van der Waals surface area contributed by atoms with Crippen LogP contribution in [0.5, 0.6) is 0 Å². The lowest BCUT2D eigenvalue weighted by Crippen LogP contribution is -2.66. The van der Waals surface area contributed by atoms with E-state index in [4.69, 9.17) is 14.5 Å². The number of rotatable bonds is 6. The van der Waals surface area contributed by atoms with Gasteiger partial charge in [-0.3, -0.25) is 0 Å². The summed E-state index contributed by atoms with van der Waals surface area (Å²) in [5.41, 5.74) is 2.32. The lowest BCUT2D eigenvalue weighted by molar-refractivity contribution is -0.148. The maximum Gasteiger partial charge on any atom is 0.336 e. The summed E-state index contributed by atoms with van der Waals surface area (Å²) in [6, 6.07) is 19.0. The molecule has 0 radical (unpaired) electrons. The zero-order valence-electron chi connectivity index (χ0n) is 20.4. The number of carbonyl (C=O) groups excluding carboxylic acids is 2. The molecule has 0 saturated heterocycles. The van der Waals surface area contributed by atoms with Crippen LogP contribution in [0.2, 0.25) is 0 Å². The topological polar surface area (TPSA) is 89.5 Å². The van der Waals surface area contributed by atoms with E-state index < -0.39 is 29.4 Å². The standard InChI is InChI=1S/C27H29N3O4S/c1-16-21(24(31)33-4)22(19-12-8-6-9-13-19)27(18(3)28-16,25(32)34-5)30-26-29-17(2)23(35-26)20-14-10-7-11-15-20/h6-15,18,22,28H,1-5H3,(H,29,30). The van der Waals surface area contributed by atoms with Crippen LogP contribution in [-0.2, 0) is 19.1 Å². The van der Waals surface area contributed by atoms with Crippen LogP contribution in [0.1, 0.15) is 31.0 Å². The van der Waals surface area contributed by atoms with Crippen LogP contribution >= 0.6 is 11.3 Å². The first-order valence-corrected chi connectivity index (χ1v) is 12.1. The first-order chi connectivity index (χ1) is 16.8. The molecule has 0 aliphatic carbocycles. The van der Waals surface area contributed by atoms with Gasteiger partial charge in [-0.2, -0.15) is 0 Å². The number of nitrogens with zero attached hydrogens (tertiary/aromatic N) is 1. The van der Waals surface area contributed by atoms with Gasteiger partial charge in [0.05, 0.1) is 42.3 Å². The number of ether oxygens (including phenoxy) is 2. The van der Waals surface area contributed by atoms with Crippen LogP contribution < -0.4 is 10.6 Å². The van der Waals surface area contributed by atoms with Gasteiger partial charge in [-0.05, 0) is 31.9 Å². The Morgan fingerprint density at radius 1 is 1.00 bits per heavy atom. The number of hydrogen-bond donors (Lipinski definition) is 2. The normalized spacial score (nSPS) is 21.7. The molecule has 0 spiro atoms. The highest BCUT2D eigenvalue weighted by molar-refractivity contribution is 7.19. The van der Waals surface area contributed by atoms with E-state index in [9.17, 15) is 9.59 Å². The van der Waals surface area contributed by atoms with Gasteiger partial charge in [0.1, 0.15) is 0 Å². The third kappa shape index (κ3) is 4.30. The molecule has 3 aromatic rings. The number of anilines is 1. The molecule has 182 valence electrons. The van der Waals surface area contributed by atoms with Gasteiger partial charge in [0.15, 0.2) is 10.7 Å². The number of nitrogens with one attached hydrogen (secondary N) is 2. The molecule has 2 aromatic carbocycles. The molecule has 1 aliphatic heterocycles. The lowest BCUT2D eigenvalue weighted by Gasteiger charge is -2.47. The van der Waals surface area contributed by atoms with E-state index >= 15 is 0 Å². The summed E-state index contributed by atoms with van der Waals surface area (Å²) in [7, 11) is 2.69. The molecule has 4 rings (SSSR count). The average molecular weight is 492 g/mol. The molecule has 3 atom stereocenters. The van der Waals surface area contributed by atoms with Crippen LogP contribution in [0.25, 0.3) is 10.4 Å². The fraction of sp³-hybridized carbons (Fsp3) is 0.296. The van der Waals surface area contributed by atoms with Gasteiger partial charge in [-0.1, -0.05) is 72.0 Å². The van der Waals surface area contributed by atoms with E-state index in [1.54, 1.807) is 0 Å². The maximum absolute atomic E-state index is 13.7. The third-order valence-corrected chi connectivity index (χ3v) is 7.59. The number of thiazole rings is 1. The Balaban J connectivity index is 1.92. The van der Waals surface area contributed by atoms with Gasteiger partial charge in [0.2, 0.25) is 0 Å². The molecule has 0 bridgehead atoms. The van der Waals surface area contributed by atoms with Crippen molar-refractivity contribution in [3.63, 3.8) is 0 Å². The van der Waals surface area contributed by atoms with E-state index in [1.807, 2.05) is 81.4 Å². The van der Waals surface area contributed by atoms with Crippen molar-refractivity contribution in [3.8, 4) is 10.4 Å². The highest BCUT2D eigenvalue weighted by atomic mass is 32.1. The van der Waals surface area contributed by atoms with Crippen LogP contribution in [0, 0.1) is 6.92 Å². The number of carbonyl (C=O) groups is 2. The Morgan fingerprint density at radius 2 is 1.63 bits per heavy atom. The Kier molecular flexibility index (Phi) is 6.93. The van der Waals surface area contributed by atoms with Crippen molar-refractivity contribution < 1.29 is 19.1 Å². The molecule has 35 heavy (non-hydrogen) atoms. The quantitative estimate of drug-likeness (QED) is 0.485. The predicted octanol–water partition coefficient (Wildman–Crippen LogP) is 4.66. The van der Waals surface area contributed by atoms with E-state index in [2.05, 4.69) is 10.6 Å². The van der Waals surface area contributed by atoms with E-state index in [-0.39, 0.29) is 0 Å². The van der Waals surface area contributed by atoms with Crippen molar-refractivity contribution >= 4 is 28.4 Å². The first-order valence-electron chi connectivity index (χ1n) is 11.3. The van der Waals surface area contributed by atoms with Crippen molar-refractivity contribution in [3.05, 3.63) is 83.2 Å². The van der Waals surface area contributed by atoms with E-state index in [0.717, 1.165) is 21.7 Å². The van der Waals surface area contributed by atoms with Crippen molar-refractivity contribution in [1.29, 1.82) is 0 Å². The summed E-state index contributed by atoms with van der Waals surface area (Å²) in [4.78, 5) is 32.5. The van der Waals surface area contributed by atoms with Crippen molar-refractivity contribution in [1.82, 2.24) is 10.3 Å². The molecular formula is C27H29N3O4S. The third-order valence-electron chi connectivity index (χ3n) is 6.47. The van der Waals surface area contributed by atoms with Gasteiger partial charge in [0, 0.05) is 5.70 Å². The number of aryl methyl sites for hydroxylation is 1. The van der Waals surface area contributed by atoms with Gasteiger partial charge < -0.3 is 20.1 Å². The molecule has 7 nitrogen and oxygen atoms in total. The second kappa shape index (κ2) is 9.92. The number of methoxy groups -OCH3 is 2. The molecule has 0 fully saturated rings. The Morgan fingerprint density at radius 3 is 2.23 bits per heavy atom. The Bertz CT molecular complexity index is 1260. The van der Waals surface area contributed by atoms with Gasteiger partial charge in [-0.15, -0.1) is 0 Å². The van der Waals surface area contributed by atoms with Crippen molar-refractivity contribution in [2.24, 2.45) is 0 Å². The fourth-order valence-corrected chi connectivity index (χ4v) is 5.89. The van der Waals surface area contributed by atoms with Gasteiger partial charge in [-0.25, -0.2) is 14.6 Å². The summed E-state index contributed by atoms with van der Waals surface area (Å²) in [5, 5.41) is 7.31. The summed E-state index contributed by atoms with van der Waals surface area (Å²) < 4.78 is 10.5. The molecule has 3 unspecified atom stereocenters. The fourth-order valence-electron chi connectivity index (χ4n) is 4.85. The zero-order valence-corrected chi connectivity index (χ0v) is 21.2. The summed E-state index contributed by atoms with van der Waals surface area (Å²) in [6.45, 7) is 5.66. The Labute approximate surface area is 209 Å². The number of aromatic nitrogens is 1.